The van der Waals surface area contributed by atoms with Gasteiger partial charge in [-0.3, -0.25) is 4.68 Å². The third-order valence-electron chi connectivity index (χ3n) is 9.01. The fourth-order valence-electron chi connectivity index (χ4n) is 6.58. The Bertz CT molecular complexity index is 2080. The van der Waals surface area contributed by atoms with E-state index in [4.69, 9.17) is 25.8 Å². The van der Waals surface area contributed by atoms with Crippen LogP contribution in [0.3, 0.4) is 0 Å². The van der Waals surface area contributed by atoms with E-state index >= 15 is 0 Å². The van der Waals surface area contributed by atoms with Gasteiger partial charge in [-0.1, -0.05) is 29.8 Å². The van der Waals surface area contributed by atoms with Crippen molar-refractivity contribution in [3.63, 3.8) is 0 Å². The molecule has 0 aliphatic carbocycles. The second-order valence-electron chi connectivity index (χ2n) is 13.9. The summed E-state index contributed by atoms with van der Waals surface area (Å²) in [4.78, 5) is 28.1. The summed E-state index contributed by atoms with van der Waals surface area (Å²) < 4.78 is 35.0. The lowest BCUT2D eigenvalue weighted by molar-refractivity contribution is 0.0295. The number of hydrogen-bond donors (Lipinski definition) is 1. The van der Waals surface area contributed by atoms with Gasteiger partial charge < -0.3 is 28.8 Å². The molecule has 2 heterocycles. The van der Waals surface area contributed by atoms with Crippen LogP contribution in [0.4, 0.5) is 9.18 Å². The lowest BCUT2D eigenvalue weighted by Gasteiger charge is -2.24. The van der Waals surface area contributed by atoms with Crippen molar-refractivity contribution < 1.29 is 33.3 Å². The molecule has 0 bridgehead atoms. The van der Waals surface area contributed by atoms with Gasteiger partial charge in [-0.05, 0) is 102 Å². The van der Waals surface area contributed by atoms with Crippen molar-refractivity contribution >= 4 is 45.3 Å². The molecule has 0 unspecified atom stereocenters. The van der Waals surface area contributed by atoms with Gasteiger partial charge in [0.2, 0.25) is 0 Å². The highest BCUT2D eigenvalue weighted by Gasteiger charge is 2.29. The van der Waals surface area contributed by atoms with Crippen molar-refractivity contribution in [1.29, 1.82) is 0 Å². The Hall–Kier alpha value is -4.61. The highest BCUT2D eigenvalue weighted by atomic mass is 35.5. The molecule has 0 aliphatic heterocycles. The minimum atomic E-state index is -0.604. The number of rotatable bonds is 14. The van der Waals surface area contributed by atoms with E-state index in [0.717, 1.165) is 32.9 Å². The molecule has 0 fully saturated rings. The summed E-state index contributed by atoms with van der Waals surface area (Å²) in [6.07, 6.45) is 1.91. The normalized spacial score (nSPS) is 11.7. The molecule has 2 aromatic heterocycles. The van der Waals surface area contributed by atoms with Crippen molar-refractivity contribution in [3.8, 4) is 16.9 Å². The number of benzene rings is 3. The second kappa shape index (κ2) is 16.4. The van der Waals surface area contributed by atoms with Crippen molar-refractivity contribution in [3.05, 3.63) is 82.0 Å². The maximum atomic E-state index is 13.9. The Balaban J connectivity index is 1.54. The van der Waals surface area contributed by atoms with E-state index in [2.05, 4.69) is 5.10 Å². The van der Waals surface area contributed by atoms with Gasteiger partial charge in [-0.25, -0.2) is 14.0 Å². The largest absolute Gasteiger partial charge is 0.493 e. The number of aromatic nitrogens is 3. The third kappa shape index (κ3) is 8.37. The Morgan fingerprint density at radius 1 is 1.04 bits per heavy atom. The first-order valence-electron chi connectivity index (χ1n) is 17.6. The van der Waals surface area contributed by atoms with Crippen LogP contribution < -0.4 is 4.74 Å². The molecule has 52 heavy (non-hydrogen) atoms. The SMILES string of the molecule is CCOC(=O)c1c(CCCOc2cccc3cc(F)ccc23)c2ccc(Cl)c(-c3c(CO)nn(C)c3C)c2n1CCCCN(C)C(=O)OC(C)(C)C. The first-order valence-corrected chi connectivity index (χ1v) is 18.0. The zero-order valence-electron chi connectivity index (χ0n) is 31.0. The van der Waals surface area contributed by atoms with Crippen LogP contribution in [0.15, 0.2) is 48.5 Å². The molecule has 0 radical (unpaired) electrons. The number of aryl methyl sites for hydroxylation is 3. The molecule has 12 heteroatoms. The fourth-order valence-corrected chi connectivity index (χ4v) is 6.83. The molecule has 1 amide bonds. The van der Waals surface area contributed by atoms with E-state index in [-0.39, 0.29) is 19.0 Å². The number of unbranched alkanes of at least 4 members (excludes halogenated alkanes) is 1. The Morgan fingerprint density at radius 3 is 2.50 bits per heavy atom. The molecule has 3 aromatic carbocycles. The fraction of sp³-hybridized carbons (Fsp3) is 0.425. The molecule has 0 aliphatic rings. The van der Waals surface area contributed by atoms with Crippen LogP contribution in [0, 0.1) is 12.7 Å². The van der Waals surface area contributed by atoms with E-state index in [1.54, 1.807) is 29.6 Å². The number of esters is 1. The number of carbonyl (C=O) groups excluding carboxylic acids is 2. The van der Waals surface area contributed by atoms with Crippen LogP contribution in [0.5, 0.6) is 5.75 Å². The number of amides is 1. The smallest absolute Gasteiger partial charge is 0.410 e. The number of halogens is 2. The Labute approximate surface area is 309 Å². The standard InChI is InChI=1S/C40H48ClFN4O6/c1-8-50-38(48)37-29(14-12-22-51-33-15-11-13-26-23-27(42)16-17-28(26)33)30-18-19-31(41)35(34-25(2)45(7)43-32(34)24-47)36(30)46(37)21-10-9-20-44(6)39(49)52-40(3,4)5/h11,13,15-19,23,47H,8-10,12,14,20-22,24H2,1-7H3. The summed E-state index contributed by atoms with van der Waals surface area (Å²) in [6.45, 7) is 10.3. The highest BCUT2D eigenvalue weighted by molar-refractivity contribution is 6.35. The van der Waals surface area contributed by atoms with Crippen molar-refractivity contribution in [2.75, 3.05) is 26.8 Å². The molecule has 0 spiro atoms. The average molecular weight is 735 g/mol. The van der Waals surface area contributed by atoms with Gasteiger partial charge in [0.25, 0.3) is 0 Å². The van der Waals surface area contributed by atoms with Gasteiger partial charge in [0.15, 0.2) is 0 Å². The second-order valence-corrected chi connectivity index (χ2v) is 14.3. The molecule has 278 valence electrons. The van der Waals surface area contributed by atoms with Gasteiger partial charge in [-0.15, -0.1) is 0 Å². The predicted octanol–water partition coefficient (Wildman–Crippen LogP) is 8.62. The summed E-state index contributed by atoms with van der Waals surface area (Å²) in [7, 11) is 3.52. The molecule has 0 saturated heterocycles. The first-order chi connectivity index (χ1) is 24.7. The van der Waals surface area contributed by atoms with Gasteiger partial charge in [0.05, 0.1) is 36.1 Å². The van der Waals surface area contributed by atoms with Crippen molar-refractivity contribution in [2.24, 2.45) is 7.05 Å². The lowest BCUT2D eigenvalue weighted by Crippen LogP contribution is -2.34. The summed E-state index contributed by atoms with van der Waals surface area (Å²) >= 11 is 7.02. The van der Waals surface area contributed by atoms with Crippen LogP contribution in [0.1, 0.15) is 74.4 Å². The molecule has 0 saturated carbocycles. The quantitative estimate of drug-likeness (QED) is 0.0899. The maximum Gasteiger partial charge on any atom is 0.410 e. The van der Waals surface area contributed by atoms with E-state index in [1.165, 1.54) is 12.1 Å². The van der Waals surface area contributed by atoms with Gasteiger partial charge >= 0.3 is 12.1 Å². The number of ether oxygens (including phenoxy) is 3. The van der Waals surface area contributed by atoms with Crippen LogP contribution in [0.2, 0.25) is 5.02 Å². The van der Waals surface area contributed by atoms with Gasteiger partial charge in [-0.2, -0.15) is 5.10 Å². The third-order valence-corrected chi connectivity index (χ3v) is 9.33. The topological polar surface area (TPSA) is 108 Å². The van der Waals surface area contributed by atoms with Crippen molar-refractivity contribution in [1.82, 2.24) is 19.2 Å². The van der Waals surface area contributed by atoms with E-state index < -0.39 is 17.7 Å². The summed E-state index contributed by atoms with van der Waals surface area (Å²) in [5.41, 5.74) is 4.04. The molecular weight excluding hydrogens is 687 g/mol. The number of carbonyl (C=O) groups is 2. The molecule has 5 aromatic rings. The first kappa shape index (κ1) is 38.6. The lowest BCUT2D eigenvalue weighted by atomic mass is 9.98. The van der Waals surface area contributed by atoms with Crippen molar-refractivity contribution in [2.45, 2.75) is 79.1 Å². The van der Waals surface area contributed by atoms with Crippen LogP contribution in [-0.4, -0.2) is 68.8 Å². The summed E-state index contributed by atoms with van der Waals surface area (Å²) in [5.74, 6) is -0.113. The molecule has 5 rings (SSSR count). The van der Waals surface area contributed by atoms with Gasteiger partial charge in [0, 0.05) is 54.8 Å². The zero-order chi connectivity index (χ0) is 37.7. The Morgan fingerprint density at radius 2 is 1.79 bits per heavy atom. The highest BCUT2D eigenvalue weighted by Crippen LogP contribution is 2.42. The molecule has 0 atom stereocenters. The minimum absolute atomic E-state index is 0.190. The minimum Gasteiger partial charge on any atom is -0.493 e. The monoisotopic (exact) mass is 734 g/mol. The van der Waals surface area contributed by atoms with Gasteiger partial charge in [0.1, 0.15) is 22.9 Å². The number of aliphatic hydroxyl groups is 1. The molecule has 10 nitrogen and oxygen atoms in total. The maximum absolute atomic E-state index is 13.9. The number of aliphatic hydroxyl groups excluding tert-OH is 1. The molecule has 1 N–H and O–H groups in total. The van der Waals surface area contributed by atoms with Crippen LogP contribution >= 0.6 is 11.6 Å². The molecular formula is C40H48ClFN4O6. The Kier molecular flexibility index (Phi) is 12.2. The zero-order valence-corrected chi connectivity index (χ0v) is 31.8. The predicted molar refractivity (Wildman–Crippen MR) is 202 cm³/mol. The number of hydrogen-bond acceptors (Lipinski definition) is 7. The van der Waals surface area contributed by atoms with E-state index in [0.29, 0.717) is 78.7 Å². The number of nitrogens with zero attached hydrogens (tertiary/aromatic N) is 4. The van der Waals surface area contributed by atoms with E-state index in [9.17, 15) is 19.1 Å². The number of fused-ring (bicyclic) bond motifs is 2. The summed E-state index contributed by atoms with van der Waals surface area (Å²) in [6, 6.07) is 13.9. The average Bonchev–Trinajstić information content (AvgIpc) is 3.56. The van der Waals surface area contributed by atoms with Crippen LogP contribution in [0.25, 0.3) is 32.8 Å². The summed E-state index contributed by atoms with van der Waals surface area (Å²) in [5, 5.41) is 17.8. The van der Waals surface area contributed by atoms with Crippen LogP contribution in [-0.2, 0) is 36.1 Å². The van der Waals surface area contributed by atoms with E-state index in [1.807, 2.05) is 69.6 Å².